The van der Waals surface area contributed by atoms with Crippen LogP contribution in [0.3, 0.4) is 0 Å². The van der Waals surface area contributed by atoms with Crippen LogP contribution in [0.2, 0.25) is 0 Å². The minimum Gasteiger partial charge on any atom is -0.462 e. The van der Waals surface area contributed by atoms with Gasteiger partial charge in [-0.3, -0.25) is 9.78 Å². The van der Waals surface area contributed by atoms with Gasteiger partial charge in [-0.15, -0.1) is 0 Å². The van der Waals surface area contributed by atoms with Gasteiger partial charge in [0.2, 0.25) is 0 Å². The first-order chi connectivity index (χ1) is 12.8. The molecule has 0 radical (unpaired) electrons. The first-order valence-corrected chi connectivity index (χ1v) is 8.96. The summed E-state index contributed by atoms with van der Waals surface area (Å²) in [7, 11) is 0. The molecule has 1 aromatic carbocycles. The molecule has 6 heteroatoms. The lowest BCUT2D eigenvalue weighted by molar-refractivity contribution is 0.0954. The molecule has 0 aliphatic carbocycles. The molecule has 0 unspecified atom stereocenters. The normalized spacial score (nSPS) is 14.5. The molecule has 26 heavy (non-hydrogen) atoms. The number of carbonyl (C=O) groups is 1. The van der Waals surface area contributed by atoms with E-state index in [0.717, 1.165) is 48.5 Å². The summed E-state index contributed by atoms with van der Waals surface area (Å²) in [6, 6.07) is 11.5. The largest absolute Gasteiger partial charge is 0.462 e. The number of benzene rings is 1. The van der Waals surface area contributed by atoms with Gasteiger partial charge in [-0.05, 0) is 30.3 Å². The molecule has 0 spiro atoms. The highest BCUT2D eigenvalue weighted by atomic mass is 16.3. The van der Waals surface area contributed by atoms with Gasteiger partial charge in [-0.2, -0.15) is 0 Å². The minimum atomic E-state index is -0.0691. The van der Waals surface area contributed by atoms with Crippen LogP contribution in [0.25, 0.3) is 11.0 Å². The first-order valence-electron chi connectivity index (χ1n) is 8.96. The molecule has 3 aromatic rings. The van der Waals surface area contributed by atoms with E-state index in [-0.39, 0.29) is 5.91 Å². The maximum Gasteiger partial charge on any atom is 0.251 e. The number of anilines is 1. The molecule has 1 fully saturated rings. The van der Waals surface area contributed by atoms with Crippen molar-refractivity contribution in [1.29, 1.82) is 0 Å². The average molecular weight is 350 g/mol. The zero-order valence-corrected chi connectivity index (χ0v) is 14.6. The molecule has 0 atom stereocenters. The molecule has 1 saturated heterocycles. The third kappa shape index (κ3) is 3.55. The lowest BCUT2D eigenvalue weighted by Crippen LogP contribution is -2.43. The van der Waals surface area contributed by atoms with E-state index in [1.807, 2.05) is 36.4 Å². The van der Waals surface area contributed by atoms with Crippen LogP contribution in [0.4, 0.5) is 5.69 Å². The fourth-order valence-corrected chi connectivity index (χ4v) is 3.29. The number of carbonyl (C=O) groups excluding carboxylic acids is 1. The molecule has 0 bridgehead atoms. The van der Waals surface area contributed by atoms with E-state index in [1.54, 1.807) is 12.5 Å². The summed E-state index contributed by atoms with van der Waals surface area (Å²) in [5.74, 6) is -0.0691. The molecular formula is C20H22N4O2. The molecular weight excluding hydrogens is 328 g/mol. The van der Waals surface area contributed by atoms with Gasteiger partial charge >= 0.3 is 0 Å². The van der Waals surface area contributed by atoms with E-state index in [9.17, 15) is 4.79 Å². The topological polar surface area (TPSA) is 70.4 Å². The number of rotatable bonds is 5. The van der Waals surface area contributed by atoms with Crippen LogP contribution in [0.1, 0.15) is 16.1 Å². The molecule has 134 valence electrons. The molecule has 2 aromatic heterocycles. The van der Waals surface area contributed by atoms with Gasteiger partial charge in [0.1, 0.15) is 0 Å². The Hall–Kier alpha value is -2.86. The molecule has 1 aliphatic rings. The van der Waals surface area contributed by atoms with Crippen LogP contribution >= 0.6 is 0 Å². The molecule has 6 nitrogen and oxygen atoms in total. The van der Waals surface area contributed by atoms with Gasteiger partial charge in [-0.1, -0.05) is 6.07 Å². The summed E-state index contributed by atoms with van der Waals surface area (Å²) in [6.07, 6.45) is 4.16. The van der Waals surface area contributed by atoms with E-state index in [4.69, 9.17) is 4.42 Å². The monoisotopic (exact) mass is 350 g/mol. The second kappa shape index (κ2) is 7.58. The van der Waals surface area contributed by atoms with Crippen LogP contribution in [0.15, 0.2) is 53.3 Å². The Labute approximate surface area is 152 Å². The number of hydrogen-bond acceptors (Lipinski definition) is 5. The van der Waals surface area contributed by atoms with Crippen molar-refractivity contribution >= 4 is 22.6 Å². The Morgan fingerprint density at radius 2 is 2.12 bits per heavy atom. The van der Waals surface area contributed by atoms with Crippen molar-refractivity contribution in [1.82, 2.24) is 15.6 Å². The summed E-state index contributed by atoms with van der Waals surface area (Å²) >= 11 is 0. The lowest BCUT2D eigenvalue weighted by Gasteiger charge is -2.29. The van der Waals surface area contributed by atoms with Crippen molar-refractivity contribution in [3.63, 3.8) is 0 Å². The fraction of sp³-hybridized carbons (Fsp3) is 0.300. The molecule has 1 aliphatic heterocycles. The van der Waals surface area contributed by atoms with Crippen molar-refractivity contribution < 1.29 is 9.21 Å². The van der Waals surface area contributed by atoms with E-state index >= 15 is 0 Å². The number of furan rings is 1. The third-order valence-corrected chi connectivity index (χ3v) is 4.64. The molecule has 1 amide bonds. The quantitative estimate of drug-likeness (QED) is 0.738. The van der Waals surface area contributed by atoms with E-state index in [2.05, 4.69) is 20.5 Å². The summed E-state index contributed by atoms with van der Waals surface area (Å²) in [6.45, 7) is 4.23. The van der Waals surface area contributed by atoms with Crippen molar-refractivity contribution in [3.8, 4) is 0 Å². The number of fused-ring (bicyclic) bond motifs is 1. The fourth-order valence-electron chi connectivity index (χ4n) is 3.29. The number of piperazine rings is 1. The number of amides is 1. The number of nitrogens with one attached hydrogen (secondary N) is 2. The molecule has 2 N–H and O–H groups in total. The van der Waals surface area contributed by atoms with Crippen molar-refractivity contribution in [2.45, 2.75) is 6.42 Å². The van der Waals surface area contributed by atoms with Crippen molar-refractivity contribution in [2.75, 3.05) is 37.6 Å². The maximum absolute atomic E-state index is 12.6. The summed E-state index contributed by atoms with van der Waals surface area (Å²) in [5, 5.41) is 7.30. The standard InChI is InChI=1S/C20H22N4O2/c25-20(23-7-4-17-3-1-2-6-22-17)16-13-15-5-12-26-19(15)18(14-16)24-10-8-21-9-11-24/h1-3,5-6,12-14,21H,4,7-11H2,(H,23,25). The minimum absolute atomic E-state index is 0.0691. The van der Waals surface area contributed by atoms with Crippen LogP contribution in [-0.2, 0) is 6.42 Å². The van der Waals surface area contributed by atoms with E-state index < -0.39 is 0 Å². The number of hydrogen-bond donors (Lipinski definition) is 2. The number of nitrogens with zero attached hydrogens (tertiary/aromatic N) is 2. The van der Waals surface area contributed by atoms with Gasteiger partial charge in [0.25, 0.3) is 5.91 Å². The van der Waals surface area contributed by atoms with Gasteiger partial charge in [0, 0.05) is 62.0 Å². The Morgan fingerprint density at radius 1 is 1.23 bits per heavy atom. The summed E-state index contributed by atoms with van der Waals surface area (Å²) in [4.78, 5) is 19.2. The predicted molar refractivity (Wildman–Crippen MR) is 102 cm³/mol. The zero-order valence-electron chi connectivity index (χ0n) is 14.6. The van der Waals surface area contributed by atoms with Crippen LogP contribution < -0.4 is 15.5 Å². The van der Waals surface area contributed by atoms with Gasteiger partial charge in [0.05, 0.1) is 12.0 Å². The van der Waals surface area contributed by atoms with Crippen LogP contribution in [0.5, 0.6) is 0 Å². The Balaban J connectivity index is 1.51. The number of aromatic nitrogens is 1. The highest BCUT2D eigenvalue weighted by Crippen LogP contribution is 2.30. The lowest BCUT2D eigenvalue weighted by atomic mass is 10.1. The predicted octanol–water partition coefficient (Wildman–Crippen LogP) is 2.21. The van der Waals surface area contributed by atoms with Crippen molar-refractivity contribution in [3.05, 3.63) is 60.1 Å². The number of pyridine rings is 1. The van der Waals surface area contributed by atoms with Gasteiger partial charge < -0.3 is 20.0 Å². The smallest absolute Gasteiger partial charge is 0.251 e. The Bertz CT molecular complexity index is 885. The SMILES string of the molecule is O=C(NCCc1ccccn1)c1cc(N2CCNCC2)c2occc2c1. The highest BCUT2D eigenvalue weighted by Gasteiger charge is 2.18. The second-order valence-corrected chi connectivity index (χ2v) is 6.40. The highest BCUT2D eigenvalue weighted by molar-refractivity contribution is 6.02. The Kier molecular flexibility index (Phi) is 4.84. The maximum atomic E-state index is 12.6. The van der Waals surface area contributed by atoms with Gasteiger partial charge in [-0.25, -0.2) is 0 Å². The molecule has 3 heterocycles. The summed E-state index contributed by atoms with van der Waals surface area (Å²) < 4.78 is 5.67. The van der Waals surface area contributed by atoms with Crippen LogP contribution in [-0.4, -0.2) is 43.6 Å². The van der Waals surface area contributed by atoms with E-state index in [1.165, 1.54) is 0 Å². The first kappa shape index (κ1) is 16.6. The molecule has 4 rings (SSSR count). The summed E-state index contributed by atoms with van der Waals surface area (Å²) in [5.41, 5.74) is 3.47. The van der Waals surface area contributed by atoms with Crippen molar-refractivity contribution in [2.24, 2.45) is 0 Å². The zero-order chi connectivity index (χ0) is 17.8. The third-order valence-electron chi connectivity index (χ3n) is 4.64. The van der Waals surface area contributed by atoms with Crippen LogP contribution in [0, 0.1) is 0 Å². The second-order valence-electron chi connectivity index (χ2n) is 6.40. The average Bonchev–Trinajstić information content (AvgIpc) is 3.17. The molecule has 0 saturated carbocycles. The Morgan fingerprint density at radius 3 is 2.92 bits per heavy atom. The van der Waals surface area contributed by atoms with E-state index in [0.29, 0.717) is 18.5 Å². The van der Waals surface area contributed by atoms with Gasteiger partial charge in [0.15, 0.2) is 5.58 Å².